The first-order chi connectivity index (χ1) is 8.52. The summed E-state index contributed by atoms with van der Waals surface area (Å²) in [4.78, 5) is 4.44. The number of hydrogen-bond acceptors (Lipinski definition) is 3. The van der Waals surface area contributed by atoms with E-state index in [-0.39, 0.29) is 5.92 Å². The van der Waals surface area contributed by atoms with Crippen LogP contribution in [0.1, 0.15) is 37.0 Å². The molecule has 2 rings (SSSR count). The Bertz CT molecular complexity index is 560. The largest absolute Gasteiger partial charge is 0.324 e. The van der Waals surface area contributed by atoms with E-state index < -0.39 is 0 Å². The second-order valence-electron chi connectivity index (χ2n) is 4.59. The molecule has 0 radical (unpaired) electrons. The Morgan fingerprint density at radius 3 is 2.67 bits per heavy atom. The molecule has 2 aromatic rings. The molecule has 0 aliphatic rings. The van der Waals surface area contributed by atoms with Gasteiger partial charge in [-0.2, -0.15) is 5.10 Å². The lowest BCUT2D eigenvalue weighted by atomic mass is 10.2. The van der Waals surface area contributed by atoms with Gasteiger partial charge in [0.05, 0.1) is 12.2 Å². The minimum Gasteiger partial charge on any atom is -0.324 e. The molecule has 96 valence electrons. The van der Waals surface area contributed by atoms with Crippen LogP contribution in [0.3, 0.4) is 0 Å². The first-order valence-electron chi connectivity index (χ1n) is 5.95. The zero-order chi connectivity index (χ0) is 13.3. The number of aryl methyl sites for hydroxylation is 1. The number of halogens is 1. The molecule has 1 heterocycles. The molecule has 2 N–H and O–H groups in total. The van der Waals surface area contributed by atoms with E-state index in [1.807, 2.05) is 25.1 Å². The van der Waals surface area contributed by atoms with Gasteiger partial charge in [0.1, 0.15) is 5.82 Å². The molecule has 0 bridgehead atoms. The van der Waals surface area contributed by atoms with Gasteiger partial charge in [0, 0.05) is 10.9 Å². The Labute approximate surface area is 112 Å². The van der Waals surface area contributed by atoms with Crippen LogP contribution in [0.15, 0.2) is 18.2 Å². The minimum absolute atomic E-state index is 0.275. The predicted molar refractivity (Wildman–Crippen MR) is 73.1 cm³/mol. The number of rotatable bonds is 3. The molecule has 0 aliphatic carbocycles. The maximum Gasteiger partial charge on any atom is 0.153 e. The highest BCUT2D eigenvalue weighted by Gasteiger charge is 2.13. The van der Waals surface area contributed by atoms with E-state index >= 15 is 0 Å². The van der Waals surface area contributed by atoms with E-state index in [9.17, 15) is 0 Å². The molecule has 4 nitrogen and oxygen atoms in total. The van der Waals surface area contributed by atoms with Crippen LogP contribution in [-0.2, 0) is 6.54 Å². The van der Waals surface area contributed by atoms with E-state index in [0.29, 0.717) is 6.54 Å². The number of nitrogens with two attached hydrogens (primary N) is 1. The minimum atomic E-state index is 0.275. The van der Waals surface area contributed by atoms with Crippen LogP contribution >= 0.6 is 11.6 Å². The third kappa shape index (κ3) is 2.40. The third-order valence-corrected chi connectivity index (χ3v) is 3.20. The van der Waals surface area contributed by atoms with Gasteiger partial charge in [0.15, 0.2) is 5.82 Å². The van der Waals surface area contributed by atoms with Gasteiger partial charge in [-0.15, -0.1) is 0 Å². The van der Waals surface area contributed by atoms with Crippen molar-refractivity contribution in [1.29, 1.82) is 0 Å². The predicted octanol–water partition coefficient (Wildman–Crippen LogP) is 2.81. The molecule has 1 aromatic carbocycles. The van der Waals surface area contributed by atoms with Gasteiger partial charge < -0.3 is 5.73 Å². The van der Waals surface area contributed by atoms with E-state index in [1.165, 1.54) is 0 Å². The summed E-state index contributed by atoms with van der Waals surface area (Å²) < 4.78 is 1.76. The van der Waals surface area contributed by atoms with E-state index in [4.69, 9.17) is 17.3 Å². The van der Waals surface area contributed by atoms with Crippen molar-refractivity contribution in [1.82, 2.24) is 14.8 Å². The second-order valence-corrected chi connectivity index (χ2v) is 5.00. The summed E-state index contributed by atoms with van der Waals surface area (Å²) in [5.41, 5.74) is 7.65. The van der Waals surface area contributed by atoms with Crippen molar-refractivity contribution in [2.75, 3.05) is 0 Å². The van der Waals surface area contributed by atoms with E-state index in [1.54, 1.807) is 4.68 Å². The van der Waals surface area contributed by atoms with Crippen LogP contribution in [0, 0.1) is 6.92 Å². The van der Waals surface area contributed by atoms with Gasteiger partial charge in [-0.05, 0) is 24.6 Å². The van der Waals surface area contributed by atoms with Gasteiger partial charge in [-0.25, -0.2) is 9.67 Å². The number of benzene rings is 1. The van der Waals surface area contributed by atoms with E-state index in [2.05, 4.69) is 23.9 Å². The summed E-state index contributed by atoms with van der Waals surface area (Å²) in [6.45, 7) is 6.44. The zero-order valence-electron chi connectivity index (χ0n) is 10.8. The number of aromatic nitrogens is 3. The Hall–Kier alpha value is -1.39. The van der Waals surface area contributed by atoms with Gasteiger partial charge >= 0.3 is 0 Å². The van der Waals surface area contributed by atoms with Crippen molar-refractivity contribution in [3.63, 3.8) is 0 Å². The quantitative estimate of drug-likeness (QED) is 0.927. The Balaban J connectivity index is 2.51. The molecule has 1 aromatic heterocycles. The molecular formula is C13H17ClN4. The highest BCUT2D eigenvalue weighted by Crippen LogP contribution is 2.21. The standard InChI is InChI=1S/C13H17ClN4/c1-8(2)13-16-12(7-15)18(17-13)10-5-4-9(3)11(14)6-10/h4-6,8H,7,15H2,1-3H3. The average molecular weight is 265 g/mol. The second kappa shape index (κ2) is 5.08. The third-order valence-electron chi connectivity index (χ3n) is 2.79. The molecule has 0 unspecified atom stereocenters. The maximum absolute atomic E-state index is 6.14. The first kappa shape index (κ1) is 13.1. The summed E-state index contributed by atoms with van der Waals surface area (Å²) in [5.74, 6) is 1.82. The smallest absolute Gasteiger partial charge is 0.153 e. The lowest BCUT2D eigenvalue weighted by Gasteiger charge is -2.06. The normalized spacial score (nSPS) is 11.2. The Morgan fingerprint density at radius 1 is 1.39 bits per heavy atom. The molecular weight excluding hydrogens is 248 g/mol. The summed E-state index contributed by atoms with van der Waals surface area (Å²) in [6.07, 6.45) is 0. The van der Waals surface area contributed by atoms with Crippen LogP contribution in [0.5, 0.6) is 0 Å². The summed E-state index contributed by atoms with van der Waals surface area (Å²) >= 11 is 6.14. The van der Waals surface area contributed by atoms with Crippen molar-refractivity contribution < 1.29 is 0 Å². The summed E-state index contributed by atoms with van der Waals surface area (Å²) in [6, 6.07) is 5.82. The lowest BCUT2D eigenvalue weighted by molar-refractivity contribution is 0.745. The van der Waals surface area contributed by atoms with Crippen molar-refractivity contribution in [2.24, 2.45) is 5.73 Å². The fourth-order valence-electron chi connectivity index (χ4n) is 1.66. The van der Waals surface area contributed by atoms with E-state index in [0.717, 1.165) is 27.9 Å². The number of hydrogen-bond donors (Lipinski definition) is 1. The van der Waals surface area contributed by atoms with Gasteiger partial charge in [-0.3, -0.25) is 0 Å². The molecule has 0 fully saturated rings. The first-order valence-corrected chi connectivity index (χ1v) is 6.33. The molecule has 0 saturated carbocycles. The highest BCUT2D eigenvalue weighted by atomic mass is 35.5. The fourth-order valence-corrected chi connectivity index (χ4v) is 1.83. The van der Waals surface area contributed by atoms with Crippen LogP contribution in [0.4, 0.5) is 0 Å². The summed E-state index contributed by atoms with van der Waals surface area (Å²) in [5, 5.41) is 5.21. The lowest BCUT2D eigenvalue weighted by Crippen LogP contribution is -2.08. The van der Waals surface area contributed by atoms with Crippen molar-refractivity contribution in [3.8, 4) is 5.69 Å². The molecule has 0 aliphatic heterocycles. The molecule has 0 atom stereocenters. The molecule has 0 spiro atoms. The van der Waals surface area contributed by atoms with Crippen LogP contribution in [-0.4, -0.2) is 14.8 Å². The molecule has 0 amide bonds. The molecule has 5 heteroatoms. The van der Waals surface area contributed by atoms with Crippen molar-refractivity contribution in [2.45, 2.75) is 33.2 Å². The van der Waals surface area contributed by atoms with Crippen LogP contribution < -0.4 is 5.73 Å². The van der Waals surface area contributed by atoms with Crippen molar-refractivity contribution >= 4 is 11.6 Å². The average Bonchev–Trinajstić information content (AvgIpc) is 2.77. The van der Waals surface area contributed by atoms with Gasteiger partial charge in [-0.1, -0.05) is 31.5 Å². The maximum atomic E-state index is 6.14. The SMILES string of the molecule is Cc1ccc(-n2nc(C(C)C)nc2CN)cc1Cl. The molecule has 18 heavy (non-hydrogen) atoms. The van der Waals surface area contributed by atoms with Gasteiger partial charge in [0.2, 0.25) is 0 Å². The van der Waals surface area contributed by atoms with Crippen LogP contribution in [0.25, 0.3) is 5.69 Å². The topological polar surface area (TPSA) is 56.7 Å². The Morgan fingerprint density at radius 2 is 2.11 bits per heavy atom. The van der Waals surface area contributed by atoms with Crippen molar-refractivity contribution in [3.05, 3.63) is 40.4 Å². The van der Waals surface area contributed by atoms with Gasteiger partial charge in [0.25, 0.3) is 0 Å². The fraction of sp³-hybridized carbons (Fsp3) is 0.385. The number of nitrogens with zero attached hydrogens (tertiary/aromatic N) is 3. The zero-order valence-corrected chi connectivity index (χ0v) is 11.6. The summed E-state index contributed by atoms with van der Waals surface area (Å²) in [7, 11) is 0. The monoisotopic (exact) mass is 264 g/mol. The Kier molecular flexibility index (Phi) is 3.68. The highest BCUT2D eigenvalue weighted by molar-refractivity contribution is 6.31. The molecule has 0 saturated heterocycles. The van der Waals surface area contributed by atoms with Crippen LogP contribution in [0.2, 0.25) is 5.02 Å².